The number of esters is 1. The fraction of sp³-hybridized carbons (Fsp3) is 0.571. The van der Waals surface area contributed by atoms with Crippen LogP contribution in [0.3, 0.4) is 0 Å². The molecule has 0 radical (unpaired) electrons. The Hall–Kier alpha value is -2.69. The number of halogens is 1. The average Bonchev–Trinajstić information content (AvgIpc) is 3.70. The van der Waals surface area contributed by atoms with Crippen LogP contribution in [0, 0.1) is 52.2 Å². The molecular weight excluding hydrogens is 549 g/mol. The second-order valence-electron chi connectivity index (χ2n) is 14.2. The van der Waals surface area contributed by atoms with Gasteiger partial charge in [-0.25, -0.2) is 4.39 Å². The number of aliphatic hydroxyl groups is 1. The van der Waals surface area contributed by atoms with E-state index in [2.05, 4.69) is 31.5 Å². The molecule has 1 heterocycles. The highest BCUT2D eigenvalue weighted by Gasteiger charge is 2.71. The normalized spacial score (nSPS) is 41.0. The predicted molar refractivity (Wildman–Crippen MR) is 161 cm³/mol. The fourth-order valence-electron chi connectivity index (χ4n) is 9.74. The van der Waals surface area contributed by atoms with E-state index in [1.165, 1.54) is 28.9 Å². The van der Waals surface area contributed by atoms with Crippen molar-refractivity contribution in [2.45, 2.75) is 89.4 Å². The highest BCUT2D eigenvalue weighted by Crippen LogP contribution is 2.69. The van der Waals surface area contributed by atoms with Gasteiger partial charge in [0.2, 0.25) is 5.12 Å². The van der Waals surface area contributed by atoms with Gasteiger partial charge in [0.25, 0.3) is 0 Å². The number of carbonyl (C=O) groups is 2. The average molecular weight is 588 g/mol. The molecule has 8 atom stereocenters. The molecule has 0 aromatic heterocycles. The number of ether oxygens (including phenoxy) is 1. The molecule has 5 aliphatic carbocycles. The minimum atomic E-state index is -1.39. The van der Waals surface area contributed by atoms with Crippen molar-refractivity contribution in [3.05, 3.63) is 58.4 Å². The van der Waals surface area contributed by atoms with E-state index >= 15 is 0 Å². The van der Waals surface area contributed by atoms with Crippen molar-refractivity contribution in [1.29, 1.82) is 0 Å². The van der Waals surface area contributed by atoms with E-state index in [-0.39, 0.29) is 35.0 Å². The van der Waals surface area contributed by atoms with E-state index in [1.54, 1.807) is 0 Å². The Labute approximate surface area is 252 Å². The van der Waals surface area contributed by atoms with E-state index in [0.717, 1.165) is 37.7 Å². The van der Waals surface area contributed by atoms with Gasteiger partial charge in [-0.2, -0.15) is 0 Å². The predicted octanol–water partition coefficient (Wildman–Crippen LogP) is 6.33. The standard InChI is InChI=1S/C35H38FNO4S/c1-4-34(13-14-34)30(39)41-35(31(40)42)12-11-26-25-10-7-23-15-21-16-27(20-5-8-24(36)9-6-20)37-19-22(21)17-32(23,2)29(25)28(38)18-33(26,35)3/h1,5-6,8-9,15,19,25-29,38H,7,10-14,16-18H2,2-3H3,(H,40,42)/t25?,26-,27?,28?,29+,32?,33?,35?/m0/s1. The molecule has 1 aromatic carbocycles. The molecular formula is C35H38FNO4S. The highest BCUT2D eigenvalue weighted by atomic mass is 32.1. The Bertz CT molecular complexity index is 1500. The summed E-state index contributed by atoms with van der Waals surface area (Å²) in [5, 5.41) is 11.5. The number of carbonyl (C=O) groups excluding carboxylic acids is 2. The third-order valence-corrected chi connectivity index (χ3v) is 12.6. The first-order valence-corrected chi connectivity index (χ1v) is 15.8. The summed E-state index contributed by atoms with van der Waals surface area (Å²) in [6.45, 7) is 4.32. The van der Waals surface area contributed by atoms with Gasteiger partial charge in [0.1, 0.15) is 11.2 Å². The molecule has 1 aliphatic heterocycles. The van der Waals surface area contributed by atoms with Crippen LogP contribution < -0.4 is 0 Å². The highest BCUT2D eigenvalue weighted by molar-refractivity contribution is 7.96. The number of aliphatic imine (C=N–C) groups is 1. The minimum Gasteiger partial charge on any atom is -0.448 e. The largest absolute Gasteiger partial charge is 0.448 e. The van der Waals surface area contributed by atoms with Gasteiger partial charge in [0.15, 0.2) is 5.60 Å². The first-order chi connectivity index (χ1) is 20.0. The van der Waals surface area contributed by atoms with Crippen LogP contribution in [0.2, 0.25) is 0 Å². The van der Waals surface area contributed by atoms with Crippen LogP contribution in [0.25, 0.3) is 0 Å². The maximum Gasteiger partial charge on any atom is 0.325 e. The molecule has 0 bridgehead atoms. The zero-order chi connectivity index (χ0) is 29.7. The molecule has 0 amide bonds. The van der Waals surface area contributed by atoms with E-state index in [0.29, 0.717) is 25.7 Å². The molecule has 7 rings (SSSR count). The molecule has 0 saturated heterocycles. The number of aliphatic hydroxyl groups excluding tert-OH is 1. The van der Waals surface area contributed by atoms with Crippen LogP contribution in [-0.2, 0) is 14.3 Å². The lowest BCUT2D eigenvalue weighted by molar-refractivity contribution is -0.199. The van der Waals surface area contributed by atoms with Crippen LogP contribution in [0.4, 0.5) is 4.39 Å². The summed E-state index contributed by atoms with van der Waals surface area (Å²) in [4.78, 5) is 31.4. The quantitative estimate of drug-likeness (QED) is 0.245. The molecule has 0 spiro atoms. The van der Waals surface area contributed by atoms with Crippen LogP contribution in [0.5, 0.6) is 0 Å². The number of nitrogens with zero attached hydrogens (tertiary/aromatic N) is 1. The van der Waals surface area contributed by atoms with E-state index in [1.807, 2.05) is 25.3 Å². The third-order valence-electron chi connectivity index (χ3n) is 12.2. The minimum absolute atomic E-state index is 0.0230. The molecule has 6 aliphatic rings. The molecule has 1 aromatic rings. The summed E-state index contributed by atoms with van der Waals surface area (Å²) in [5.41, 5.74) is 1.62. The summed E-state index contributed by atoms with van der Waals surface area (Å²) in [5.74, 6) is 2.19. The second-order valence-corrected chi connectivity index (χ2v) is 14.6. The summed E-state index contributed by atoms with van der Waals surface area (Å²) in [7, 11) is 0. The van der Waals surface area contributed by atoms with Gasteiger partial charge in [-0.15, -0.1) is 19.1 Å². The lowest BCUT2D eigenvalue weighted by Crippen LogP contribution is -2.62. The van der Waals surface area contributed by atoms with Crippen molar-refractivity contribution in [1.82, 2.24) is 0 Å². The molecule has 6 unspecified atom stereocenters. The van der Waals surface area contributed by atoms with Crippen molar-refractivity contribution >= 4 is 29.9 Å². The van der Waals surface area contributed by atoms with Gasteiger partial charge in [-0.05, 0) is 110 Å². The molecule has 220 valence electrons. The van der Waals surface area contributed by atoms with Crippen molar-refractivity contribution in [3.8, 4) is 12.3 Å². The summed E-state index contributed by atoms with van der Waals surface area (Å²) in [6, 6.07) is 6.58. The zero-order valence-corrected chi connectivity index (χ0v) is 25.1. The lowest BCUT2D eigenvalue weighted by atomic mass is 9.45. The summed E-state index contributed by atoms with van der Waals surface area (Å²) in [6.07, 6.45) is 15.5. The van der Waals surface area contributed by atoms with Crippen LogP contribution in [-0.4, -0.2) is 34.1 Å². The monoisotopic (exact) mass is 587 g/mol. The van der Waals surface area contributed by atoms with Crippen molar-refractivity contribution in [3.63, 3.8) is 0 Å². The number of hydrogen-bond donors (Lipinski definition) is 2. The number of rotatable bonds is 4. The van der Waals surface area contributed by atoms with E-state index in [9.17, 15) is 19.1 Å². The molecule has 42 heavy (non-hydrogen) atoms. The summed E-state index contributed by atoms with van der Waals surface area (Å²) < 4.78 is 19.7. The Morgan fingerprint density at radius 3 is 2.55 bits per heavy atom. The Morgan fingerprint density at radius 1 is 1.14 bits per heavy atom. The topological polar surface area (TPSA) is 76.0 Å². The van der Waals surface area contributed by atoms with Gasteiger partial charge in [0.05, 0.1) is 12.1 Å². The van der Waals surface area contributed by atoms with Gasteiger partial charge >= 0.3 is 5.97 Å². The molecule has 5 nitrogen and oxygen atoms in total. The van der Waals surface area contributed by atoms with Gasteiger partial charge in [0, 0.05) is 11.6 Å². The van der Waals surface area contributed by atoms with Crippen molar-refractivity contribution in [2.75, 3.05) is 0 Å². The Kier molecular flexibility index (Phi) is 6.29. The maximum atomic E-state index is 13.5. The number of allylic oxidation sites excluding steroid dienone is 3. The van der Waals surface area contributed by atoms with Crippen LogP contribution in [0.15, 0.2) is 52.1 Å². The smallest absolute Gasteiger partial charge is 0.325 e. The number of thiol groups is 1. The number of dihydropyridines is 1. The van der Waals surface area contributed by atoms with Crippen LogP contribution in [0.1, 0.15) is 83.2 Å². The van der Waals surface area contributed by atoms with Crippen molar-refractivity contribution < 1.29 is 23.8 Å². The second kappa shape index (κ2) is 9.40. The first-order valence-electron chi connectivity index (χ1n) is 15.3. The zero-order valence-electron chi connectivity index (χ0n) is 24.2. The van der Waals surface area contributed by atoms with Gasteiger partial charge < -0.3 is 9.84 Å². The van der Waals surface area contributed by atoms with E-state index < -0.39 is 33.6 Å². The Morgan fingerprint density at radius 2 is 1.88 bits per heavy atom. The van der Waals surface area contributed by atoms with Crippen molar-refractivity contribution in [2.24, 2.45) is 39.0 Å². The van der Waals surface area contributed by atoms with Gasteiger partial charge in [-0.3, -0.25) is 14.6 Å². The number of benzene rings is 1. The fourth-order valence-corrected chi connectivity index (χ4v) is 10.2. The Balaban J connectivity index is 1.17. The third kappa shape index (κ3) is 3.83. The SMILES string of the molecule is C#CC1(C(=O)OC2(C(=O)S)CC[C@H]3C4CCC5=CC6=C(C=NC(c7ccc(F)cc7)C6)CC5(C)[C@H]4C(O)CC32C)CC1. The number of hydrogen-bond acceptors (Lipinski definition) is 5. The van der Waals surface area contributed by atoms with E-state index in [4.69, 9.17) is 16.2 Å². The van der Waals surface area contributed by atoms with Gasteiger partial charge in [-0.1, -0.05) is 43.5 Å². The number of terminal acetylenes is 1. The summed E-state index contributed by atoms with van der Waals surface area (Å²) >= 11 is 4.30. The molecule has 7 heteroatoms. The first kappa shape index (κ1) is 28.1. The molecule has 4 saturated carbocycles. The molecule has 4 fully saturated rings. The molecule has 1 N–H and O–H groups in total. The number of fused-ring (bicyclic) bond motifs is 5. The lowest BCUT2D eigenvalue weighted by Gasteiger charge is -2.61. The maximum absolute atomic E-state index is 13.5. The van der Waals surface area contributed by atoms with Crippen LogP contribution >= 0.6 is 12.6 Å².